The summed E-state index contributed by atoms with van der Waals surface area (Å²) in [6.07, 6.45) is 0. The molecule has 8 heteroatoms. The first-order chi connectivity index (χ1) is 10.8. The lowest BCUT2D eigenvalue weighted by Crippen LogP contribution is -2.15. The Morgan fingerprint density at radius 3 is 2.17 bits per heavy atom. The molecule has 124 valence electrons. The summed E-state index contributed by atoms with van der Waals surface area (Å²) in [7, 11) is -1.60. The molecule has 0 saturated carbocycles. The quantitative estimate of drug-likeness (QED) is 0.906. The Labute approximate surface area is 132 Å². The Hall–Kier alpha value is -2.35. The van der Waals surface area contributed by atoms with Crippen molar-refractivity contribution in [2.45, 2.75) is 11.8 Å². The van der Waals surface area contributed by atoms with Gasteiger partial charge in [-0.2, -0.15) is 0 Å². The Kier molecular flexibility index (Phi) is 4.74. The minimum absolute atomic E-state index is 0.0712. The molecule has 2 rings (SSSR count). The molecule has 5 nitrogen and oxygen atoms in total. The molecule has 0 atom stereocenters. The van der Waals surface area contributed by atoms with Crippen molar-refractivity contribution in [3.8, 4) is 11.5 Å². The van der Waals surface area contributed by atoms with Crippen molar-refractivity contribution >= 4 is 15.7 Å². The average molecular weight is 343 g/mol. The number of hydrogen-bond acceptors (Lipinski definition) is 4. The molecule has 0 bridgehead atoms. The highest BCUT2D eigenvalue weighted by Crippen LogP contribution is 2.32. The fourth-order valence-electron chi connectivity index (χ4n) is 1.98. The maximum absolute atomic E-state index is 14.1. The van der Waals surface area contributed by atoms with E-state index in [0.29, 0.717) is 5.56 Å². The molecule has 0 unspecified atom stereocenters. The molecule has 0 aromatic heterocycles. The van der Waals surface area contributed by atoms with Crippen LogP contribution in [-0.2, 0) is 10.0 Å². The van der Waals surface area contributed by atoms with Crippen LogP contribution in [0.2, 0.25) is 0 Å². The molecule has 0 aliphatic heterocycles. The number of anilines is 1. The van der Waals surface area contributed by atoms with Gasteiger partial charge in [-0.25, -0.2) is 17.2 Å². The summed E-state index contributed by atoms with van der Waals surface area (Å²) in [4.78, 5) is -0.598. The highest BCUT2D eigenvalue weighted by Gasteiger charge is 2.23. The fraction of sp³-hybridized carbons (Fsp3) is 0.200. The van der Waals surface area contributed by atoms with Gasteiger partial charge in [0.2, 0.25) is 0 Å². The molecule has 0 saturated heterocycles. The molecule has 2 aromatic carbocycles. The fourth-order valence-corrected chi connectivity index (χ4v) is 3.19. The van der Waals surface area contributed by atoms with Crippen molar-refractivity contribution in [1.82, 2.24) is 0 Å². The Balaban J connectivity index is 2.47. The molecule has 1 N–H and O–H groups in total. The lowest BCUT2D eigenvalue weighted by atomic mass is 10.2. The van der Waals surface area contributed by atoms with Gasteiger partial charge in [-0.15, -0.1) is 0 Å². The van der Waals surface area contributed by atoms with Gasteiger partial charge in [0, 0.05) is 12.1 Å². The Bertz CT molecular complexity index is 838. The van der Waals surface area contributed by atoms with Gasteiger partial charge in [0.15, 0.2) is 11.5 Å². The molecule has 0 fully saturated rings. The molecule has 2 aromatic rings. The van der Waals surface area contributed by atoms with Crippen LogP contribution in [0.3, 0.4) is 0 Å². The van der Waals surface area contributed by atoms with Crippen molar-refractivity contribution in [2.75, 3.05) is 18.9 Å². The van der Waals surface area contributed by atoms with E-state index in [1.807, 2.05) is 0 Å². The first-order valence-corrected chi connectivity index (χ1v) is 7.97. The predicted molar refractivity (Wildman–Crippen MR) is 81.4 cm³/mol. The number of halogens is 2. The minimum Gasteiger partial charge on any atom is -0.493 e. The van der Waals surface area contributed by atoms with Crippen LogP contribution in [0.1, 0.15) is 5.56 Å². The van der Waals surface area contributed by atoms with Crippen LogP contribution in [-0.4, -0.2) is 22.6 Å². The second-order valence-corrected chi connectivity index (χ2v) is 6.35. The second kappa shape index (κ2) is 6.41. The summed E-state index contributed by atoms with van der Waals surface area (Å²) in [5.41, 5.74) is 0.523. The summed E-state index contributed by atoms with van der Waals surface area (Å²) in [5.74, 6) is -1.34. The number of benzene rings is 2. The number of nitrogens with one attached hydrogen (secondary N) is 1. The third-order valence-corrected chi connectivity index (χ3v) is 4.54. The smallest absolute Gasteiger partial charge is 0.264 e. The van der Waals surface area contributed by atoms with Gasteiger partial charge in [-0.1, -0.05) is 0 Å². The van der Waals surface area contributed by atoms with Gasteiger partial charge in [0.25, 0.3) is 10.0 Å². The molecule has 0 aliphatic carbocycles. The lowest BCUT2D eigenvalue weighted by molar-refractivity contribution is 0.350. The third-order valence-electron chi connectivity index (χ3n) is 3.16. The van der Waals surface area contributed by atoms with Crippen molar-refractivity contribution < 1.29 is 26.7 Å². The molecular weight excluding hydrogens is 328 g/mol. The van der Waals surface area contributed by atoms with Gasteiger partial charge in [-0.3, -0.25) is 4.72 Å². The van der Waals surface area contributed by atoms with Crippen LogP contribution in [0.15, 0.2) is 35.2 Å². The van der Waals surface area contributed by atoms with E-state index in [1.165, 1.54) is 33.3 Å². The van der Waals surface area contributed by atoms with E-state index in [2.05, 4.69) is 4.72 Å². The summed E-state index contributed by atoms with van der Waals surface area (Å²) in [6.45, 7) is 1.53. The van der Waals surface area contributed by atoms with Crippen molar-refractivity contribution in [2.24, 2.45) is 0 Å². The number of methoxy groups -OCH3 is 2. The van der Waals surface area contributed by atoms with E-state index in [0.717, 1.165) is 18.2 Å². The van der Waals surface area contributed by atoms with E-state index in [-0.39, 0.29) is 17.2 Å². The molecular formula is C15H15F2NO4S. The van der Waals surface area contributed by atoms with Crippen LogP contribution in [0.25, 0.3) is 0 Å². The number of hydrogen-bond donors (Lipinski definition) is 1. The average Bonchev–Trinajstić information content (AvgIpc) is 2.49. The van der Waals surface area contributed by atoms with E-state index in [1.54, 1.807) is 0 Å². The van der Waals surface area contributed by atoms with Crippen molar-refractivity contribution in [3.05, 3.63) is 47.5 Å². The Morgan fingerprint density at radius 1 is 1.00 bits per heavy atom. The largest absolute Gasteiger partial charge is 0.493 e. The number of aryl methyl sites for hydroxylation is 1. The summed E-state index contributed by atoms with van der Waals surface area (Å²) < 4.78 is 64.1. The highest BCUT2D eigenvalue weighted by atomic mass is 32.2. The maximum atomic E-state index is 14.1. The van der Waals surface area contributed by atoms with Gasteiger partial charge in [0.1, 0.15) is 16.5 Å². The maximum Gasteiger partial charge on any atom is 0.264 e. The number of rotatable bonds is 5. The van der Waals surface area contributed by atoms with Crippen LogP contribution in [0.4, 0.5) is 14.5 Å². The second-order valence-electron chi connectivity index (χ2n) is 4.70. The summed E-state index contributed by atoms with van der Waals surface area (Å²) in [5, 5.41) is 0. The zero-order chi connectivity index (χ0) is 17.2. The SMILES string of the molecule is COc1cc(F)c(S(=O)(=O)Nc2ccc(F)cc2C)cc1OC. The first-order valence-electron chi connectivity index (χ1n) is 6.49. The molecule has 0 radical (unpaired) electrons. The number of ether oxygens (including phenoxy) is 2. The molecule has 0 amide bonds. The van der Waals surface area contributed by atoms with E-state index in [9.17, 15) is 17.2 Å². The normalized spacial score (nSPS) is 11.2. The van der Waals surface area contributed by atoms with Crippen LogP contribution in [0, 0.1) is 18.6 Å². The Morgan fingerprint density at radius 2 is 1.61 bits per heavy atom. The first kappa shape index (κ1) is 17.0. The topological polar surface area (TPSA) is 64.6 Å². The van der Waals surface area contributed by atoms with Crippen LogP contribution < -0.4 is 14.2 Å². The van der Waals surface area contributed by atoms with Gasteiger partial charge in [-0.05, 0) is 30.7 Å². The zero-order valence-electron chi connectivity index (χ0n) is 12.7. The van der Waals surface area contributed by atoms with Crippen LogP contribution in [0.5, 0.6) is 11.5 Å². The predicted octanol–water partition coefficient (Wildman–Crippen LogP) is 3.09. The molecule has 23 heavy (non-hydrogen) atoms. The molecule has 0 heterocycles. The standard InChI is InChI=1S/C15H15F2NO4S/c1-9-6-10(16)4-5-12(9)18-23(19,20)15-8-14(22-3)13(21-2)7-11(15)17/h4-8,18H,1-3H3. The highest BCUT2D eigenvalue weighted by molar-refractivity contribution is 7.92. The number of sulfonamides is 1. The van der Waals surface area contributed by atoms with E-state index >= 15 is 0 Å². The lowest BCUT2D eigenvalue weighted by Gasteiger charge is -2.14. The van der Waals surface area contributed by atoms with E-state index in [4.69, 9.17) is 9.47 Å². The summed E-state index contributed by atoms with van der Waals surface area (Å²) in [6, 6.07) is 5.49. The minimum atomic E-state index is -4.22. The van der Waals surface area contributed by atoms with Crippen molar-refractivity contribution in [1.29, 1.82) is 0 Å². The van der Waals surface area contributed by atoms with Crippen molar-refractivity contribution in [3.63, 3.8) is 0 Å². The third kappa shape index (κ3) is 3.53. The molecule has 0 spiro atoms. The molecule has 0 aliphatic rings. The van der Waals surface area contributed by atoms with Gasteiger partial charge < -0.3 is 9.47 Å². The summed E-state index contributed by atoms with van der Waals surface area (Å²) >= 11 is 0. The monoisotopic (exact) mass is 343 g/mol. The zero-order valence-corrected chi connectivity index (χ0v) is 13.5. The van der Waals surface area contributed by atoms with Gasteiger partial charge >= 0.3 is 0 Å². The van der Waals surface area contributed by atoms with Crippen LogP contribution >= 0.6 is 0 Å². The van der Waals surface area contributed by atoms with E-state index < -0.39 is 26.6 Å². The van der Waals surface area contributed by atoms with Gasteiger partial charge in [0.05, 0.1) is 19.9 Å².